The van der Waals surface area contributed by atoms with Crippen molar-refractivity contribution in [3.63, 3.8) is 0 Å². The number of pyridine rings is 1. The molecule has 1 aromatic heterocycles. The summed E-state index contributed by atoms with van der Waals surface area (Å²) in [7, 11) is 0. The van der Waals surface area contributed by atoms with Gasteiger partial charge in [0.25, 0.3) is 5.91 Å². The van der Waals surface area contributed by atoms with Gasteiger partial charge in [-0.1, -0.05) is 35.9 Å². The number of amides is 1. The summed E-state index contributed by atoms with van der Waals surface area (Å²) < 4.78 is 0. The molecule has 1 saturated heterocycles. The van der Waals surface area contributed by atoms with Gasteiger partial charge in [0.05, 0.1) is 11.1 Å². The number of nitrogens with zero attached hydrogens (tertiary/aromatic N) is 3. The first-order valence-electron chi connectivity index (χ1n) is 9.55. The predicted molar refractivity (Wildman–Crippen MR) is 114 cm³/mol. The van der Waals surface area contributed by atoms with E-state index in [0.717, 1.165) is 48.6 Å². The zero-order valence-corrected chi connectivity index (χ0v) is 16.4. The summed E-state index contributed by atoms with van der Waals surface area (Å²) in [5.74, 6) is -0.0733. The first-order chi connectivity index (χ1) is 13.7. The highest BCUT2D eigenvalue weighted by Crippen LogP contribution is 2.20. The van der Waals surface area contributed by atoms with Gasteiger partial charge in [0.2, 0.25) is 0 Å². The molecular weight excluding hydrogens is 372 g/mol. The molecule has 0 bridgehead atoms. The van der Waals surface area contributed by atoms with E-state index in [1.807, 2.05) is 48.5 Å². The minimum absolute atomic E-state index is 0.0733. The van der Waals surface area contributed by atoms with Crippen molar-refractivity contribution in [1.82, 2.24) is 15.2 Å². The van der Waals surface area contributed by atoms with E-state index in [-0.39, 0.29) is 5.91 Å². The molecule has 0 radical (unpaired) electrons. The lowest BCUT2D eigenvalue weighted by Gasteiger charge is -2.36. The number of anilines is 1. The smallest absolute Gasteiger partial charge is 0.252 e. The van der Waals surface area contributed by atoms with E-state index < -0.39 is 0 Å². The molecule has 0 unspecified atom stereocenters. The summed E-state index contributed by atoms with van der Waals surface area (Å²) >= 11 is 6.09. The van der Waals surface area contributed by atoms with Gasteiger partial charge in [-0.05, 0) is 30.3 Å². The highest BCUT2D eigenvalue weighted by molar-refractivity contribution is 6.30. The van der Waals surface area contributed by atoms with Crippen molar-refractivity contribution >= 4 is 34.1 Å². The Morgan fingerprint density at radius 3 is 2.68 bits per heavy atom. The highest BCUT2D eigenvalue weighted by atomic mass is 35.5. The molecule has 1 aliphatic heterocycles. The minimum atomic E-state index is -0.0733. The summed E-state index contributed by atoms with van der Waals surface area (Å²) in [4.78, 5) is 21.5. The fourth-order valence-corrected chi connectivity index (χ4v) is 3.71. The van der Waals surface area contributed by atoms with Crippen LogP contribution in [0.25, 0.3) is 10.9 Å². The van der Waals surface area contributed by atoms with Gasteiger partial charge in [-0.25, -0.2) is 0 Å². The third kappa shape index (κ3) is 4.43. The highest BCUT2D eigenvalue weighted by Gasteiger charge is 2.17. The van der Waals surface area contributed by atoms with Crippen LogP contribution in [-0.2, 0) is 0 Å². The third-order valence-corrected chi connectivity index (χ3v) is 5.35. The molecule has 0 aliphatic carbocycles. The summed E-state index contributed by atoms with van der Waals surface area (Å²) in [6, 6.07) is 17.7. The molecule has 144 valence electrons. The monoisotopic (exact) mass is 394 g/mol. The molecular formula is C22H23ClN4O. The number of carbonyl (C=O) groups is 1. The van der Waals surface area contributed by atoms with Gasteiger partial charge >= 0.3 is 0 Å². The first-order valence-corrected chi connectivity index (χ1v) is 9.93. The molecule has 6 heteroatoms. The lowest BCUT2D eigenvalue weighted by Crippen LogP contribution is -2.48. The molecule has 1 N–H and O–H groups in total. The van der Waals surface area contributed by atoms with Crippen molar-refractivity contribution in [2.24, 2.45) is 0 Å². The predicted octanol–water partition coefficient (Wildman–Crippen LogP) is 3.44. The zero-order valence-electron chi connectivity index (χ0n) is 15.6. The molecule has 1 amide bonds. The van der Waals surface area contributed by atoms with Gasteiger partial charge in [0.1, 0.15) is 0 Å². The standard InChI is InChI=1S/C22H23ClN4O/c23-19-5-3-6-20(15-19)27-12-10-26(11-13-27)9-8-24-22(28)18-14-17-4-1-2-7-21(17)25-16-18/h1-7,14-16H,8-13H2,(H,24,28). The van der Waals surface area contributed by atoms with Crippen molar-refractivity contribution < 1.29 is 4.79 Å². The lowest BCUT2D eigenvalue weighted by atomic mass is 10.1. The molecule has 0 spiro atoms. The zero-order chi connectivity index (χ0) is 19.3. The molecule has 0 atom stereocenters. The third-order valence-electron chi connectivity index (χ3n) is 5.11. The number of fused-ring (bicyclic) bond motifs is 1. The van der Waals surface area contributed by atoms with Crippen LogP contribution in [0.15, 0.2) is 60.8 Å². The molecule has 0 saturated carbocycles. The second-order valence-electron chi connectivity index (χ2n) is 6.98. The Balaban J connectivity index is 1.24. The topological polar surface area (TPSA) is 48.5 Å². The number of para-hydroxylation sites is 1. The van der Waals surface area contributed by atoms with Gasteiger partial charge in [-0.2, -0.15) is 0 Å². The summed E-state index contributed by atoms with van der Waals surface area (Å²) in [6.45, 7) is 5.34. The van der Waals surface area contributed by atoms with E-state index in [1.54, 1.807) is 6.20 Å². The van der Waals surface area contributed by atoms with E-state index in [4.69, 9.17) is 11.6 Å². The van der Waals surface area contributed by atoms with Crippen molar-refractivity contribution in [3.8, 4) is 0 Å². The molecule has 3 aromatic rings. The Bertz CT molecular complexity index is 969. The van der Waals surface area contributed by atoms with Crippen molar-refractivity contribution in [3.05, 3.63) is 71.4 Å². The Kier molecular flexibility index (Phi) is 5.74. The average Bonchev–Trinajstić information content (AvgIpc) is 2.74. The second kappa shape index (κ2) is 8.59. The van der Waals surface area contributed by atoms with Crippen molar-refractivity contribution in [2.75, 3.05) is 44.2 Å². The molecule has 28 heavy (non-hydrogen) atoms. The quantitative estimate of drug-likeness (QED) is 0.720. The van der Waals surface area contributed by atoms with Crippen LogP contribution >= 0.6 is 11.6 Å². The van der Waals surface area contributed by atoms with Gasteiger partial charge in [-0.3, -0.25) is 14.7 Å². The number of carbonyl (C=O) groups excluding carboxylic acids is 1. The van der Waals surface area contributed by atoms with E-state index in [1.165, 1.54) is 5.69 Å². The lowest BCUT2D eigenvalue weighted by molar-refractivity contribution is 0.0947. The van der Waals surface area contributed by atoms with Gasteiger partial charge in [-0.15, -0.1) is 0 Å². The van der Waals surface area contributed by atoms with Crippen LogP contribution in [0, 0.1) is 0 Å². The molecule has 1 fully saturated rings. The average molecular weight is 395 g/mol. The fraction of sp³-hybridized carbons (Fsp3) is 0.273. The number of hydrogen-bond acceptors (Lipinski definition) is 4. The van der Waals surface area contributed by atoms with Gasteiger partial charge in [0.15, 0.2) is 0 Å². The number of aromatic nitrogens is 1. The van der Waals surface area contributed by atoms with E-state index in [0.29, 0.717) is 12.1 Å². The van der Waals surface area contributed by atoms with Gasteiger partial charge < -0.3 is 10.2 Å². The number of piperazine rings is 1. The van der Waals surface area contributed by atoms with Crippen LogP contribution in [0.5, 0.6) is 0 Å². The molecule has 2 heterocycles. The maximum absolute atomic E-state index is 12.4. The van der Waals surface area contributed by atoms with Crippen LogP contribution in [0.1, 0.15) is 10.4 Å². The molecule has 4 rings (SSSR count). The number of hydrogen-bond donors (Lipinski definition) is 1. The largest absolute Gasteiger partial charge is 0.369 e. The first kappa shape index (κ1) is 18.7. The van der Waals surface area contributed by atoms with E-state index >= 15 is 0 Å². The van der Waals surface area contributed by atoms with E-state index in [2.05, 4.69) is 26.2 Å². The normalized spacial score (nSPS) is 15.0. The molecule has 1 aliphatic rings. The van der Waals surface area contributed by atoms with Gasteiger partial charge in [0, 0.05) is 61.6 Å². The van der Waals surface area contributed by atoms with Crippen LogP contribution < -0.4 is 10.2 Å². The van der Waals surface area contributed by atoms with E-state index in [9.17, 15) is 4.79 Å². The van der Waals surface area contributed by atoms with Crippen LogP contribution in [0.2, 0.25) is 5.02 Å². The minimum Gasteiger partial charge on any atom is -0.369 e. The fourth-order valence-electron chi connectivity index (χ4n) is 3.53. The SMILES string of the molecule is O=C(NCCN1CCN(c2cccc(Cl)c2)CC1)c1cnc2ccccc2c1. The van der Waals surface area contributed by atoms with Crippen molar-refractivity contribution in [2.45, 2.75) is 0 Å². The second-order valence-corrected chi connectivity index (χ2v) is 7.42. The maximum atomic E-state index is 12.4. The number of rotatable bonds is 5. The Labute approximate surface area is 169 Å². The van der Waals surface area contributed by atoms with Crippen LogP contribution in [0.3, 0.4) is 0 Å². The molecule has 2 aromatic carbocycles. The van der Waals surface area contributed by atoms with Crippen LogP contribution in [0.4, 0.5) is 5.69 Å². The summed E-state index contributed by atoms with van der Waals surface area (Å²) in [5.41, 5.74) is 2.67. The van der Waals surface area contributed by atoms with Crippen LogP contribution in [-0.4, -0.2) is 55.1 Å². The summed E-state index contributed by atoms with van der Waals surface area (Å²) in [6.07, 6.45) is 1.64. The Morgan fingerprint density at radius 1 is 1.04 bits per heavy atom. The Morgan fingerprint density at radius 2 is 1.86 bits per heavy atom. The molecule has 5 nitrogen and oxygen atoms in total. The summed E-state index contributed by atoms with van der Waals surface area (Å²) in [5, 5.41) is 4.76. The maximum Gasteiger partial charge on any atom is 0.252 e. The Hall–Kier alpha value is -2.63. The number of nitrogens with one attached hydrogen (secondary N) is 1. The van der Waals surface area contributed by atoms with Crippen molar-refractivity contribution in [1.29, 1.82) is 0 Å². The number of halogens is 1. The number of benzene rings is 2.